The molecule has 0 atom stereocenters. The summed E-state index contributed by atoms with van der Waals surface area (Å²) in [4.78, 5) is 21.7. The van der Waals surface area contributed by atoms with Crippen molar-refractivity contribution < 1.29 is 14.3 Å². The Balaban J connectivity index is 4.72. The third-order valence-electron chi connectivity index (χ3n) is 1.58. The molecule has 0 heterocycles. The summed E-state index contributed by atoms with van der Waals surface area (Å²) in [5.41, 5.74) is 5.68. The van der Waals surface area contributed by atoms with Gasteiger partial charge in [-0.3, -0.25) is 0 Å². The first-order valence-electron chi connectivity index (χ1n) is 4.11. The van der Waals surface area contributed by atoms with E-state index in [-0.39, 0.29) is 0 Å². The van der Waals surface area contributed by atoms with Gasteiger partial charge in [0.2, 0.25) is 0 Å². The van der Waals surface area contributed by atoms with Crippen LogP contribution in [0.1, 0.15) is 20.3 Å². The fourth-order valence-electron chi connectivity index (χ4n) is 0.883. The summed E-state index contributed by atoms with van der Waals surface area (Å²) in [6, 6.07) is -0.701. The van der Waals surface area contributed by atoms with Crippen molar-refractivity contribution in [2.75, 3.05) is 0 Å². The molecule has 0 aliphatic carbocycles. The highest BCUT2D eigenvalue weighted by molar-refractivity contribution is 5.90. The van der Waals surface area contributed by atoms with Gasteiger partial charge in [-0.15, -0.1) is 0 Å². The topological polar surface area (TPSA) is 81.4 Å². The number of hydrogen-bond donors (Lipinski definition) is 2. The summed E-state index contributed by atoms with van der Waals surface area (Å²) in [6.07, 6.45) is 1.52. The van der Waals surface area contributed by atoms with Gasteiger partial charge in [-0.2, -0.15) is 0 Å². The van der Waals surface area contributed by atoms with Crippen LogP contribution in [0.5, 0.6) is 0 Å². The molecule has 0 saturated heterocycles. The van der Waals surface area contributed by atoms with Gasteiger partial charge >= 0.3 is 12.0 Å². The lowest BCUT2D eigenvalue weighted by Gasteiger charge is -2.08. The van der Waals surface area contributed by atoms with Crippen LogP contribution in [-0.4, -0.2) is 12.0 Å². The second-order valence-corrected chi connectivity index (χ2v) is 2.52. The van der Waals surface area contributed by atoms with E-state index in [2.05, 4.69) is 16.6 Å². The number of carbonyl (C=O) groups is 2. The van der Waals surface area contributed by atoms with E-state index in [0.29, 0.717) is 17.7 Å². The molecule has 0 aliphatic rings. The summed E-state index contributed by atoms with van der Waals surface area (Å²) in [6.45, 7) is 6.58. The molecule has 14 heavy (non-hydrogen) atoms. The van der Waals surface area contributed by atoms with Crippen LogP contribution in [0.15, 0.2) is 24.1 Å². The SMILES string of the molecule is C=COC(=O)C(C)=C(CC)NC(N)=O. The van der Waals surface area contributed by atoms with Gasteiger partial charge in [-0.05, 0) is 13.3 Å². The van der Waals surface area contributed by atoms with Gasteiger partial charge in [0.05, 0.1) is 11.8 Å². The molecule has 0 spiro atoms. The number of urea groups is 1. The zero-order valence-electron chi connectivity index (χ0n) is 8.29. The van der Waals surface area contributed by atoms with Gasteiger partial charge < -0.3 is 15.8 Å². The van der Waals surface area contributed by atoms with E-state index in [4.69, 9.17) is 5.73 Å². The molecule has 0 rings (SSSR count). The number of nitrogens with two attached hydrogens (primary N) is 1. The molecule has 0 fully saturated rings. The summed E-state index contributed by atoms with van der Waals surface area (Å²) < 4.78 is 4.54. The van der Waals surface area contributed by atoms with Crippen molar-refractivity contribution >= 4 is 12.0 Å². The number of allylic oxidation sites excluding steroid dienone is 1. The molecule has 0 aromatic rings. The predicted molar refractivity (Wildman–Crippen MR) is 52.0 cm³/mol. The van der Waals surface area contributed by atoms with E-state index in [1.54, 1.807) is 13.8 Å². The predicted octanol–water partition coefficient (Wildman–Crippen LogP) is 1.03. The Morgan fingerprint density at radius 2 is 2.14 bits per heavy atom. The number of amides is 2. The van der Waals surface area contributed by atoms with Crippen molar-refractivity contribution in [1.29, 1.82) is 0 Å². The molecule has 0 aromatic heterocycles. The van der Waals surface area contributed by atoms with Gasteiger partial charge in [0.1, 0.15) is 0 Å². The Bertz CT molecular complexity index is 282. The number of esters is 1. The van der Waals surface area contributed by atoms with Crippen LogP contribution in [0, 0.1) is 0 Å². The number of hydrogen-bond acceptors (Lipinski definition) is 3. The van der Waals surface area contributed by atoms with Crippen LogP contribution in [0.2, 0.25) is 0 Å². The van der Waals surface area contributed by atoms with Crippen LogP contribution >= 0.6 is 0 Å². The van der Waals surface area contributed by atoms with E-state index < -0.39 is 12.0 Å². The Hall–Kier alpha value is -1.78. The van der Waals surface area contributed by atoms with Crippen molar-refractivity contribution in [2.45, 2.75) is 20.3 Å². The molecule has 0 unspecified atom stereocenters. The Kier molecular flexibility index (Phi) is 5.06. The maximum atomic E-state index is 11.2. The quantitative estimate of drug-likeness (QED) is 0.402. The van der Waals surface area contributed by atoms with E-state index >= 15 is 0 Å². The highest BCUT2D eigenvalue weighted by Gasteiger charge is 2.11. The minimum Gasteiger partial charge on any atom is -0.432 e. The number of carbonyl (C=O) groups excluding carboxylic acids is 2. The summed E-state index contributed by atoms with van der Waals surface area (Å²) in [5, 5.41) is 2.35. The molecular formula is C9H14N2O3. The molecule has 78 valence electrons. The standard InChI is InChI=1S/C9H14N2O3/c1-4-7(11-9(10)13)6(3)8(12)14-5-2/h5H,2,4H2,1,3H3,(H3,10,11,13). The van der Waals surface area contributed by atoms with Crippen molar-refractivity contribution in [3.8, 4) is 0 Å². The molecule has 2 amide bonds. The Morgan fingerprint density at radius 3 is 2.50 bits per heavy atom. The Morgan fingerprint density at radius 1 is 1.57 bits per heavy atom. The minimum atomic E-state index is -0.701. The summed E-state index contributed by atoms with van der Waals surface area (Å²) in [5.74, 6) is -0.550. The van der Waals surface area contributed by atoms with E-state index in [0.717, 1.165) is 6.26 Å². The van der Waals surface area contributed by atoms with Crippen LogP contribution in [-0.2, 0) is 9.53 Å². The highest BCUT2D eigenvalue weighted by Crippen LogP contribution is 2.06. The first-order valence-corrected chi connectivity index (χ1v) is 4.11. The molecule has 0 saturated carbocycles. The molecule has 5 heteroatoms. The molecule has 0 radical (unpaired) electrons. The second-order valence-electron chi connectivity index (χ2n) is 2.52. The van der Waals surface area contributed by atoms with Gasteiger partial charge in [-0.1, -0.05) is 13.5 Å². The van der Waals surface area contributed by atoms with Crippen LogP contribution in [0.25, 0.3) is 0 Å². The largest absolute Gasteiger partial charge is 0.432 e. The summed E-state index contributed by atoms with van der Waals surface area (Å²) in [7, 11) is 0. The molecular weight excluding hydrogens is 184 g/mol. The van der Waals surface area contributed by atoms with Crippen molar-refractivity contribution in [3.05, 3.63) is 24.1 Å². The lowest BCUT2D eigenvalue weighted by Crippen LogP contribution is -2.30. The van der Waals surface area contributed by atoms with E-state index in [1.165, 1.54) is 0 Å². The van der Waals surface area contributed by atoms with Crippen LogP contribution in [0.4, 0.5) is 4.79 Å². The average molecular weight is 198 g/mol. The number of ether oxygens (including phenoxy) is 1. The molecule has 3 N–H and O–H groups in total. The normalized spacial score (nSPS) is 11.3. The number of rotatable bonds is 4. The highest BCUT2D eigenvalue weighted by atomic mass is 16.5. The van der Waals surface area contributed by atoms with Gasteiger partial charge in [0.25, 0.3) is 0 Å². The average Bonchev–Trinajstić information content (AvgIpc) is 2.13. The minimum absolute atomic E-state index is 0.311. The number of nitrogens with one attached hydrogen (secondary N) is 1. The lowest BCUT2D eigenvalue weighted by molar-refractivity contribution is -0.133. The van der Waals surface area contributed by atoms with Crippen LogP contribution in [0.3, 0.4) is 0 Å². The zero-order valence-corrected chi connectivity index (χ0v) is 8.29. The first kappa shape index (κ1) is 12.2. The zero-order chi connectivity index (χ0) is 11.1. The molecule has 0 bridgehead atoms. The van der Waals surface area contributed by atoms with Crippen molar-refractivity contribution in [2.24, 2.45) is 5.73 Å². The van der Waals surface area contributed by atoms with Gasteiger partial charge in [0, 0.05) is 5.70 Å². The maximum Gasteiger partial charge on any atom is 0.340 e. The van der Waals surface area contributed by atoms with Gasteiger partial charge in [-0.25, -0.2) is 9.59 Å². The van der Waals surface area contributed by atoms with E-state index in [1.807, 2.05) is 0 Å². The van der Waals surface area contributed by atoms with Crippen LogP contribution < -0.4 is 11.1 Å². The molecule has 0 aromatic carbocycles. The first-order chi connectivity index (χ1) is 6.52. The molecule has 0 aliphatic heterocycles. The molecule has 5 nitrogen and oxygen atoms in total. The maximum absolute atomic E-state index is 11.2. The fraction of sp³-hybridized carbons (Fsp3) is 0.333. The van der Waals surface area contributed by atoms with E-state index in [9.17, 15) is 9.59 Å². The third kappa shape index (κ3) is 3.75. The summed E-state index contributed by atoms with van der Waals surface area (Å²) >= 11 is 0. The fourth-order valence-corrected chi connectivity index (χ4v) is 0.883. The third-order valence-corrected chi connectivity index (χ3v) is 1.58. The van der Waals surface area contributed by atoms with Gasteiger partial charge in [0.15, 0.2) is 0 Å². The van der Waals surface area contributed by atoms with Crippen molar-refractivity contribution in [3.63, 3.8) is 0 Å². The smallest absolute Gasteiger partial charge is 0.340 e. The lowest BCUT2D eigenvalue weighted by atomic mass is 10.2. The number of primary amides is 1. The van der Waals surface area contributed by atoms with Crippen molar-refractivity contribution in [1.82, 2.24) is 5.32 Å². The second kappa shape index (κ2) is 5.80. The monoisotopic (exact) mass is 198 g/mol. The Labute approximate surface area is 82.6 Å².